The van der Waals surface area contributed by atoms with Crippen LogP contribution in [0.15, 0.2) is 30.3 Å². The molecule has 2 heterocycles. The molecular weight excluding hydrogens is 312 g/mol. The highest BCUT2D eigenvalue weighted by Gasteiger charge is 2.26. The molecule has 0 unspecified atom stereocenters. The van der Waals surface area contributed by atoms with E-state index in [1.54, 1.807) is 0 Å². The van der Waals surface area contributed by atoms with Crippen LogP contribution in [-0.2, 0) is 24.2 Å². The van der Waals surface area contributed by atoms with Gasteiger partial charge in [0.1, 0.15) is 0 Å². The summed E-state index contributed by atoms with van der Waals surface area (Å²) in [4.78, 5) is 12.0. The van der Waals surface area contributed by atoms with Gasteiger partial charge in [-0.15, -0.1) is 12.4 Å². The Labute approximate surface area is 141 Å². The van der Waals surface area contributed by atoms with Crippen LogP contribution < -0.4 is 10.6 Å². The summed E-state index contributed by atoms with van der Waals surface area (Å²) < 4.78 is 2.05. The van der Waals surface area contributed by atoms with Crippen LogP contribution in [-0.4, -0.2) is 28.8 Å². The van der Waals surface area contributed by atoms with Crippen molar-refractivity contribution >= 4 is 18.3 Å². The van der Waals surface area contributed by atoms with Gasteiger partial charge in [0.25, 0.3) is 0 Å². The summed E-state index contributed by atoms with van der Waals surface area (Å²) in [5.41, 5.74) is 4.76. The van der Waals surface area contributed by atoms with Gasteiger partial charge in [-0.3, -0.25) is 4.79 Å². The van der Waals surface area contributed by atoms with Crippen molar-refractivity contribution in [1.29, 1.82) is 0 Å². The number of hydrogen-bond donors (Lipinski definition) is 2. The van der Waals surface area contributed by atoms with E-state index in [1.807, 2.05) is 18.2 Å². The van der Waals surface area contributed by atoms with E-state index in [2.05, 4.69) is 27.4 Å². The van der Waals surface area contributed by atoms with Gasteiger partial charge in [-0.05, 0) is 37.0 Å². The highest BCUT2D eigenvalue weighted by Crippen LogP contribution is 2.27. The lowest BCUT2D eigenvalue weighted by Gasteiger charge is -2.25. The molecule has 2 aliphatic rings. The first-order valence-electron chi connectivity index (χ1n) is 7.96. The van der Waals surface area contributed by atoms with E-state index in [0.29, 0.717) is 6.54 Å². The third kappa shape index (κ3) is 2.99. The average Bonchev–Trinajstić information content (AvgIpc) is 3.06. The summed E-state index contributed by atoms with van der Waals surface area (Å²) in [5, 5.41) is 10.9. The second-order valence-electron chi connectivity index (χ2n) is 6.05. The zero-order chi connectivity index (χ0) is 14.9. The number of hydrogen-bond acceptors (Lipinski definition) is 3. The number of carbonyl (C=O) groups excluding carboxylic acids is 1. The van der Waals surface area contributed by atoms with E-state index < -0.39 is 0 Å². The van der Waals surface area contributed by atoms with Crippen molar-refractivity contribution < 1.29 is 4.79 Å². The van der Waals surface area contributed by atoms with E-state index in [9.17, 15) is 4.79 Å². The zero-order valence-electron chi connectivity index (χ0n) is 12.9. The minimum atomic E-state index is 0. The highest BCUT2D eigenvalue weighted by atomic mass is 35.5. The van der Waals surface area contributed by atoms with Gasteiger partial charge in [0.05, 0.1) is 23.8 Å². The molecule has 2 N–H and O–H groups in total. The lowest BCUT2D eigenvalue weighted by molar-refractivity contribution is -0.126. The molecule has 6 heteroatoms. The number of halogens is 1. The Bertz CT molecular complexity index is 694. The Morgan fingerprint density at radius 2 is 2.04 bits per heavy atom. The van der Waals surface area contributed by atoms with Gasteiger partial charge in [0, 0.05) is 18.8 Å². The van der Waals surface area contributed by atoms with Gasteiger partial charge in [-0.25, -0.2) is 4.68 Å². The lowest BCUT2D eigenvalue weighted by atomic mass is 10.0. The first-order chi connectivity index (χ1) is 10.8. The zero-order valence-corrected chi connectivity index (χ0v) is 13.7. The van der Waals surface area contributed by atoms with Crippen molar-refractivity contribution in [3.63, 3.8) is 0 Å². The summed E-state index contributed by atoms with van der Waals surface area (Å²) in [6.45, 7) is 2.13. The molecule has 1 aliphatic heterocycles. The molecule has 1 aliphatic carbocycles. The van der Waals surface area contributed by atoms with E-state index >= 15 is 0 Å². The predicted molar refractivity (Wildman–Crippen MR) is 91.0 cm³/mol. The fourth-order valence-electron chi connectivity index (χ4n) is 3.23. The molecule has 23 heavy (non-hydrogen) atoms. The summed E-state index contributed by atoms with van der Waals surface area (Å²) in [5.74, 6) is 0.268. The molecule has 0 saturated carbocycles. The Balaban J connectivity index is 0.00000156. The van der Waals surface area contributed by atoms with E-state index in [0.717, 1.165) is 37.3 Å². The maximum atomic E-state index is 12.0. The molecule has 2 aromatic rings. The highest BCUT2D eigenvalue weighted by molar-refractivity contribution is 5.85. The molecule has 0 radical (unpaired) electrons. The molecule has 0 spiro atoms. The van der Waals surface area contributed by atoms with E-state index in [1.165, 1.54) is 17.7 Å². The van der Waals surface area contributed by atoms with Gasteiger partial charge < -0.3 is 10.6 Å². The number of aromatic nitrogens is 2. The van der Waals surface area contributed by atoms with Crippen molar-refractivity contribution in [1.82, 2.24) is 20.4 Å². The van der Waals surface area contributed by atoms with Crippen LogP contribution in [0.2, 0.25) is 0 Å². The minimum Gasteiger partial charge on any atom is -0.350 e. The summed E-state index contributed by atoms with van der Waals surface area (Å²) in [6, 6.07) is 10.2. The van der Waals surface area contributed by atoms with Crippen molar-refractivity contribution in [2.45, 2.75) is 25.8 Å². The molecule has 0 bridgehead atoms. The van der Waals surface area contributed by atoms with Crippen LogP contribution in [0.3, 0.4) is 0 Å². The first kappa shape index (κ1) is 16.0. The van der Waals surface area contributed by atoms with Crippen molar-refractivity contribution in [2.24, 2.45) is 5.92 Å². The van der Waals surface area contributed by atoms with Crippen molar-refractivity contribution in [2.75, 3.05) is 13.1 Å². The molecule has 122 valence electrons. The average molecular weight is 333 g/mol. The predicted octanol–water partition coefficient (Wildman–Crippen LogP) is 1.62. The maximum absolute atomic E-state index is 12.0. The van der Waals surface area contributed by atoms with Gasteiger partial charge in [0.2, 0.25) is 5.91 Å². The smallest absolute Gasteiger partial charge is 0.226 e. The number of amides is 1. The quantitative estimate of drug-likeness (QED) is 0.894. The summed E-state index contributed by atoms with van der Waals surface area (Å²) >= 11 is 0. The molecule has 1 saturated heterocycles. The summed E-state index contributed by atoms with van der Waals surface area (Å²) in [6.07, 6.45) is 3.31. The largest absolute Gasteiger partial charge is 0.350 e. The van der Waals surface area contributed by atoms with Crippen LogP contribution in [0, 0.1) is 5.92 Å². The number of nitrogens with zero attached hydrogens (tertiary/aromatic N) is 2. The molecular formula is C17H21ClN4O. The third-order valence-electron chi connectivity index (χ3n) is 4.60. The topological polar surface area (TPSA) is 59.0 Å². The van der Waals surface area contributed by atoms with Gasteiger partial charge in [-0.1, -0.05) is 18.2 Å². The monoisotopic (exact) mass is 332 g/mol. The van der Waals surface area contributed by atoms with Crippen LogP contribution in [0.4, 0.5) is 0 Å². The van der Waals surface area contributed by atoms with E-state index in [-0.39, 0.29) is 24.2 Å². The van der Waals surface area contributed by atoms with Crippen LogP contribution in [0.25, 0.3) is 5.69 Å². The maximum Gasteiger partial charge on any atom is 0.226 e. The minimum absolute atomic E-state index is 0. The Morgan fingerprint density at radius 3 is 2.74 bits per heavy atom. The van der Waals surface area contributed by atoms with Gasteiger partial charge in [0.15, 0.2) is 0 Å². The van der Waals surface area contributed by atoms with Crippen LogP contribution in [0.5, 0.6) is 0 Å². The second kappa shape index (κ2) is 6.72. The van der Waals surface area contributed by atoms with E-state index in [4.69, 9.17) is 5.10 Å². The van der Waals surface area contributed by atoms with Crippen molar-refractivity contribution in [3.05, 3.63) is 47.3 Å². The van der Waals surface area contributed by atoms with Crippen LogP contribution >= 0.6 is 12.4 Å². The number of fused-ring (bicyclic) bond motifs is 1. The van der Waals surface area contributed by atoms with Crippen LogP contribution in [0.1, 0.15) is 23.4 Å². The van der Waals surface area contributed by atoms with Gasteiger partial charge >= 0.3 is 0 Å². The Kier molecular flexibility index (Phi) is 4.68. The lowest BCUT2D eigenvalue weighted by Crippen LogP contribution is -2.50. The fourth-order valence-corrected chi connectivity index (χ4v) is 3.23. The number of benzene rings is 1. The molecule has 1 aromatic carbocycles. The Morgan fingerprint density at radius 1 is 1.26 bits per heavy atom. The fraction of sp³-hybridized carbons (Fsp3) is 0.412. The molecule has 1 fully saturated rings. The molecule has 0 atom stereocenters. The Hall–Kier alpha value is -1.85. The van der Waals surface area contributed by atoms with Crippen molar-refractivity contribution in [3.8, 4) is 5.69 Å². The first-order valence-corrected chi connectivity index (χ1v) is 7.96. The molecule has 5 nitrogen and oxygen atoms in total. The number of para-hydroxylation sites is 1. The number of rotatable bonds is 4. The third-order valence-corrected chi connectivity index (χ3v) is 4.60. The molecule has 4 rings (SSSR count). The number of nitrogens with one attached hydrogen (secondary N) is 2. The summed E-state index contributed by atoms with van der Waals surface area (Å²) in [7, 11) is 0. The standard InChI is InChI=1S/C17H20N4O.ClH/c22-17(12-9-18-10-12)19-11-15-14-7-4-8-16(14)21(20-15)13-5-2-1-3-6-13;/h1-3,5-6,12,18H,4,7-11H2,(H,19,22);1H. The molecule has 1 amide bonds. The normalized spacial score (nSPS) is 16.3. The second-order valence-corrected chi connectivity index (χ2v) is 6.05. The SMILES string of the molecule is Cl.O=C(NCc1nn(-c2ccccc2)c2c1CCC2)C1CNC1. The van der Waals surface area contributed by atoms with Gasteiger partial charge in [-0.2, -0.15) is 5.10 Å². The number of carbonyl (C=O) groups is 1. The molecule has 1 aromatic heterocycles.